The van der Waals surface area contributed by atoms with Crippen molar-refractivity contribution in [2.45, 2.75) is 27.3 Å². The molecule has 0 atom stereocenters. The standard InChI is InChI=1S/C25H35N7O2/c1-25(2,3)18-29-23-20(16-27-22(15-26)30-23)17-28-24(33)19-6-5-7-21(14-19)32-10-8-31(9-11-32)12-13-34-4/h5-7,14,16H,8-13,17-18H2,1-4H3,(H,28,33)(H,27,29,30). The molecule has 1 aliphatic heterocycles. The van der Waals surface area contributed by atoms with Crippen molar-refractivity contribution < 1.29 is 9.53 Å². The molecular weight excluding hydrogens is 430 g/mol. The fourth-order valence-corrected chi connectivity index (χ4v) is 3.66. The third kappa shape index (κ3) is 7.40. The lowest BCUT2D eigenvalue weighted by Crippen LogP contribution is -2.47. The quantitative estimate of drug-likeness (QED) is 0.582. The second kappa shape index (κ2) is 11.8. The van der Waals surface area contributed by atoms with Crippen LogP contribution < -0.4 is 15.5 Å². The second-order valence-electron chi connectivity index (χ2n) is 9.65. The lowest BCUT2D eigenvalue weighted by Gasteiger charge is -2.36. The van der Waals surface area contributed by atoms with Gasteiger partial charge in [0.25, 0.3) is 5.91 Å². The number of ether oxygens (including phenoxy) is 1. The predicted octanol–water partition coefficient (Wildman–Crippen LogP) is 2.50. The van der Waals surface area contributed by atoms with Gasteiger partial charge in [0.2, 0.25) is 5.82 Å². The van der Waals surface area contributed by atoms with E-state index in [1.165, 1.54) is 0 Å². The third-order valence-corrected chi connectivity index (χ3v) is 5.65. The first-order valence-electron chi connectivity index (χ1n) is 11.6. The van der Waals surface area contributed by atoms with Crippen LogP contribution in [-0.2, 0) is 11.3 Å². The summed E-state index contributed by atoms with van der Waals surface area (Å²) in [4.78, 5) is 26.0. The summed E-state index contributed by atoms with van der Waals surface area (Å²) in [5, 5.41) is 15.4. The minimum atomic E-state index is -0.160. The Labute approximate surface area is 202 Å². The van der Waals surface area contributed by atoms with Gasteiger partial charge in [-0.3, -0.25) is 9.69 Å². The molecule has 1 fully saturated rings. The van der Waals surface area contributed by atoms with Crippen molar-refractivity contribution in [2.75, 3.05) is 63.2 Å². The molecule has 3 rings (SSSR count). The van der Waals surface area contributed by atoms with E-state index in [0.29, 0.717) is 17.9 Å². The molecule has 0 bridgehead atoms. The number of hydrogen-bond donors (Lipinski definition) is 2. The number of aromatic nitrogens is 2. The maximum Gasteiger partial charge on any atom is 0.251 e. The number of nitrogens with one attached hydrogen (secondary N) is 2. The summed E-state index contributed by atoms with van der Waals surface area (Å²) < 4.78 is 5.17. The maximum atomic E-state index is 12.9. The number of carbonyl (C=O) groups is 1. The number of nitriles is 1. The number of hydrogen-bond acceptors (Lipinski definition) is 8. The summed E-state index contributed by atoms with van der Waals surface area (Å²) >= 11 is 0. The van der Waals surface area contributed by atoms with Crippen LogP contribution in [0.1, 0.15) is 42.5 Å². The van der Waals surface area contributed by atoms with E-state index in [9.17, 15) is 4.79 Å². The van der Waals surface area contributed by atoms with Gasteiger partial charge in [0.05, 0.1) is 6.61 Å². The van der Waals surface area contributed by atoms with Crippen molar-refractivity contribution in [1.29, 1.82) is 5.26 Å². The van der Waals surface area contributed by atoms with Gasteiger partial charge in [-0.25, -0.2) is 9.97 Å². The SMILES string of the molecule is COCCN1CCN(c2cccc(C(=O)NCc3cnc(C#N)nc3NCC(C)(C)C)c2)CC1. The van der Waals surface area contributed by atoms with Gasteiger partial charge in [0, 0.05) is 75.9 Å². The van der Waals surface area contributed by atoms with E-state index in [0.717, 1.165) is 50.6 Å². The Morgan fingerprint density at radius 2 is 2.00 bits per heavy atom. The minimum Gasteiger partial charge on any atom is -0.383 e. The maximum absolute atomic E-state index is 12.9. The van der Waals surface area contributed by atoms with Crippen molar-refractivity contribution >= 4 is 17.4 Å². The Balaban J connectivity index is 1.62. The Morgan fingerprint density at radius 3 is 2.68 bits per heavy atom. The van der Waals surface area contributed by atoms with E-state index in [2.05, 4.69) is 51.2 Å². The van der Waals surface area contributed by atoms with Crippen LogP contribution in [0.25, 0.3) is 0 Å². The first-order chi connectivity index (χ1) is 16.3. The molecule has 2 aromatic rings. The van der Waals surface area contributed by atoms with E-state index < -0.39 is 0 Å². The number of carbonyl (C=O) groups excluding carboxylic acids is 1. The molecule has 0 saturated carbocycles. The predicted molar refractivity (Wildman–Crippen MR) is 133 cm³/mol. The molecule has 0 radical (unpaired) electrons. The highest BCUT2D eigenvalue weighted by Crippen LogP contribution is 2.20. The number of rotatable bonds is 9. The van der Waals surface area contributed by atoms with Gasteiger partial charge < -0.3 is 20.3 Å². The molecule has 2 heterocycles. The summed E-state index contributed by atoms with van der Waals surface area (Å²) in [6.45, 7) is 12.7. The van der Waals surface area contributed by atoms with Crippen molar-refractivity contribution in [2.24, 2.45) is 5.41 Å². The van der Waals surface area contributed by atoms with Gasteiger partial charge in [-0.15, -0.1) is 0 Å². The van der Waals surface area contributed by atoms with E-state index in [1.807, 2.05) is 30.3 Å². The van der Waals surface area contributed by atoms with Crippen molar-refractivity contribution in [3.8, 4) is 6.07 Å². The highest BCUT2D eigenvalue weighted by atomic mass is 16.5. The zero-order valence-corrected chi connectivity index (χ0v) is 20.6. The molecular formula is C25H35N7O2. The van der Waals surface area contributed by atoms with E-state index >= 15 is 0 Å². The summed E-state index contributed by atoms with van der Waals surface area (Å²) in [5.41, 5.74) is 2.43. The molecule has 0 spiro atoms. The van der Waals surface area contributed by atoms with Gasteiger partial charge in [0.15, 0.2) is 0 Å². The fourth-order valence-electron chi connectivity index (χ4n) is 3.66. The number of anilines is 2. The lowest BCUT2D eigenvalue weighted by atomic mass is 9.97. The topological polar surface area (TPSA) is 106 Å². The third-order valence-electron chi connectivity index (χ3n) is 5.65. The average Bonchev–Trinajstić information content (AvgIpc) is 2.84. The molecule has 182 valence electrons. The number of amides is 1. The normalized spacial score (nSPS) is 14.5. The number of methoxy groups -OCH3 is 1. The molecule has 9 nitrogen and oxygen atoms in total. The summed E-state index contributed by atoms with van der Waals surface area (Å²) in [7, 11) is 1.73. The van der Waals surface area contributed by atoms with Gasteiger partial charge in [-0.2, -0.15) is 5.26 Å². The van der Waals surface area contributed by atoms with Crippen LogP contribution in [0.15, 0.2) is 30.5 Å². The van der Waals surface area contributed by atoms with E-state index in [1.54, 1.807) is 13.3 Å². The van der Waals surface area contributed by atoms with Crippen LogP contribution in [0.4, 0.5) is 11.5 Å². The van der Waals surface area contributed by atoms with Crippen molar-refractivity contribution in [1.82, 2.24) is 20.2 Å². The van der Waals surface area contributed by atoms with Crippen molar-refractivity contribution in [3.05, 3.63) is 47.4 Å². The van der Waals surface area contributed by atoms with E-state index in [-0.39, 0.29) is 23.7 Å². The molecule has 2 N–H and O–H groups in total. The Bertz CT molecular complexity index is 1010. The van der Waals surface area contributed by atoms with Crippen LogP contribution in [0.5, 0.6) is 0 Å². The smallest absolute Gasteiger partial charge is 0.251 e. The zero-order chi connectivity index (χ0) is 24.6. The van der Waals surface area contributed by atoms with E-state index in [4.69, 9.17) is 10.00 Å². The highest BCUT2D eigenvalue weighted by molar-refractivity contribution is 5.95. The number of benzene rings is 1. The molecule has 1 aromatic carbocycles. The molecule has 9 heteroatoms. The van der Waals surface area contributed by atoms with Crippen LogP contribution >= 0.6 is 0 Å². The Hall–Kier alpha value is -3.22. The molecule has 1 aliphatic rings. The monoisotopic (exact) mass is 465 g/mol. The lowest BCUT2D eigenvalue weighted by molar-refractivity contribution is 0.0951. The number of piperazine rings is 1. The van der Waals surface area contributed by atoms with Crippen molar-refractivity contribution in [3.63, 3.8) is 0 Å². The molecule has 34 heavy (non-hydrogen) atoms. The van der Waals surface area contributed by atoms with Crippen LogP contribution in [0, 0.1) is 16.7 Å². The summed E-state index contributed by atoms with van der Waals surface area (Å²) in [6, 6.07) is 9.69. The average molecular weight is 466 g/mol. The number of nitrogens with zero attached hydrogens (tertiary/aromatic N) is 5. The largest absolute Gasteiger partial charge is 0.383 e. The van der Waals surface area contributed by atoms with Crippen LogP contribution in [0.3, 0.4) is 0 Å². The van der Waals surface area contributed by atoms with Crippen LogP contribution in [-0.4, -0.2) is 73.8 Å². The Kier molecular flexibility index (Phi) is 8.79. The highest BCUT2D eigenvalue weighted by Gasteiger charge is 2.18. The van der Waals surface area contributed by atoms with Gasteiger partial charge in [-0.1, -0.05) is 26.8 Å². The second-order valence-corrected chi connectivity index (χ2v) is 9.65. The molecule has 1 amide bonds. The van der Waals surface area contributed by atoms with Gasteiger partial charge >= 0.3 is 0 Å². The van der Waals surface area contributed by atoms with Gasteiger partial charge in [0.1, 0.15) is 11.9 Å². The molecule has 0 unspecified atom stereocenters. The molecule has 0 aliphatic carbocycles. The summed E-state index contributed by atoms with van der Waals surface area (Å²) in [6.07, 6.45) is 1.59. The minimum absolute atomic E-state index is 0.0357. The molecule has 1 saturated heterocycles. The fraction of sp³-hybridized carbons (Fsp3) is 0.520. The molecule has 1 aromatic heterocycles. The van der Waals surface area contributed by atoms with Crippen LogP contribution in [0.2, 0.25) is 0 Å². The summed E-state index contributed by atoms with van der Waals surface area (Å²) in [5.74, 6) is 0.509. The van der Waals surface area contributed by atoms with Gasteiger partial charge in [-0.05, 0) is 23.6 Å². The Morgan fingerprint density at radius 1 is 1.24 bits per heavy atom. The first kappa shape index (κ1) is 25.4. The first-order valence-corrected chi connectivity index (χ1v) is 11.6. The zero-order valence-electron chi connectivity index (χ0n) is 20.6.